The Kier molecular flexibility index (Phi) is 6.64. The van der Waals surface area contributed by atoms with Crippen LogP contribution in [-0.2, 0) is 0 Å². The number of nitrogens with two attached hydrogens (primary N) is 1. The van der Waals surface area contributed by atoms with Crippen molar-refractivity contribution in [2.24, 2.45) is 11.7 Å². The van der Waals surface area contributed by atoms with Crippen molar-refractivity contribution in [1.82, 2.24) is 0 Å². The van der Waals surface area contributed by atoms with Crippen LogP contribution in [0.1, 0.15) is 43.7 Å². The van der Waals surface area contributed by atoms with Crippen molar-refractivity contribution in [2.45, 2.75) is 44.2 Å². The third-order valence-electron chi connectivity index (χ3n) is 3.76. The van der Waals surface area contributed by atoms with Crippen LogP contribution in [0.3, 0.4) is 0 Å². The van der Waals surface area contributed by atoms with Gasteiger partial charge in [-0.1, -0.05) is 47.3 Å². The van der Waals surface area contributed by atoms with E-state index >= 15 is 0 Å². The van der Waals surface area contributed by atoms with Gasteiger partial charge in [-0.2, -0.15) is 0 Å². The van der Waals surface area contributed by atoms with E-state index < -0.39 is 6.10 Å². The average molecular weight is 335 g/mol. The summed E-state index contributed by atoms with van der Waals surface area (Å²) in [5.74, 6) is 0.377. The zero-order valence-electron chi connectivity index (χ0n) is 10.4. The molecule has 2 rings (SSSR count). The Hall–Kier alpha value is -0.0900. The van der Waals surface area contributed by atoms with Gasteiger partial charge in [0.1, 0.15) is 0 Å². The molecule has 3 N–H and O–H groups in total. The minimum atomic E-state index is -0.406. The Morgan fingerprint density at radius 1 is 1.11 bits per heavy atom. The number of benzene rings is 1. The molecule has 0 amide bonds. The molecule has 0 saturated heterocycles. The SMILES string of the molecule is Cl.N[C@@H](c1ccc(Br)cc1)[C@H](O)C1CCCCC1. The fourth-order valence-electron chi connectivity index (χ4n) is 2.65. The molecule has 1 aliphatic carbocycles. The first-order valence-electron chi connectivity index (χ1n) is 6.37. The summed E-state index contributed by atoms with van der Waals surface area (Å²) < 4.78 is 1.04. The summed E-state index contributed by atoms with van der Waals surface area (Å²) in [7, 11) is 0. The zero-order chi connectivity index (χ0) is 12.3. The predicted octanol–water partition coefficient (Wildman–Crippen LogP) is 3.81. The molecule has 1 saturated carbocycles. The van der Waals surface area contributed by atoms with Gasteiger partial charge in [-0.25, -0.2) is 0 Å². The van der Waals surface area contributed by atoms with Crippen molar-refractivity contribution < 1.29 is 5.11 Å². The standard InChI is InChI=1S/C14H20BrNO.ClH/c15-12-8-6-10(7-9-12)13(16)14(17)11-4-2-1-3-5-11;/h6-9,11,13-14,17H,1-5,16H2;1H/t13-,14+;/m0./s1. The fraction of sp³-hybridized carbons (Fsp3) is 0.571. The molecule has 0 spiro atoms. The average Bonchev–Trinajstić information content (AvgIpc) is 2.39. The van der Waals surface area contributed by atoms with E-state index in [0.29, 0.717) is 5.92 Å². The summed E-state index contributed by atoms with van der Waals surface area (Å²) in [6.07, 6.45) is 5.59. The lowest BCUT2D eigenvalue weighted by molar-refractivity contribution is 0.0618. The van der Waals surface area contributed by atoms with Crippen LogP contribution < -0.4 is 5.73 Å². The van der Waals surface area contributed by atoms with Gasteiger partial charge in [-0.05, 0) is 36.5 Å². The first-order chi connectivity index (χ1) is 8.18. The second kappa shape index (κ2) is 7.49. The smallest absolute Gasteiger partial charge is 0.0760 e. The van der Waals surface area contributed by atoms with Crippen molar-refractivity contribution in [1.29, 1.82) is 0 Å². The topological polar surface area (TPSA) is 46.2 Å². The summed E-state index contributed by atoms with van der Waals surface area (Å²) in [4.78, 5) is 0. The van der Waals surface area contributed by atoms with E-state index in [1.54, 1.807) is 0 Å². The number of aliphatic hydroxyl groups excluding tert-OH is 1. The highest BCUT2D eigenvalue weighted by Crippen LogP contribution is 2.31. The van der Waals surface area contributed by atoms with E-state index in [9.17, 15) is 5.11 Å². The van der Waals surface area contributed by atoms with Crippen molar-refractivity contribution in [3.8, 4) is 0 Å². The normalized spacial score (nSPS) is 19.9. The zero-order valence-corrected chi connectivity index (χ0v) is 12.8. The maximum atomic E-state index is 10.3. The molecule has 1 aromatic rings. The van der Waals surface area contributed by atoms with Crippen LogP contribution in [0.5, 0.6) is 0 Å². The predicted molar refractivity (Wildman–Crippen MR) is 80.9 cm³/mol. The van der Waals surface area contributed by atoms with E-state index in [4.69, 9.17) is 5.73 Å². The summed E-state index contributed by atoms with van der Waals surface area (Å²) in [6.45, 7) is 0. The summed E-state index contributed by atoms with van der Waals surface area (Å²) in [5, 5.41) is 10.3. The van der Waals surface area contributed by atoms with Gasteiger partial charge in [0.2, 0.25) is 0 Å². The maximum Gasteiger partial charge on any atom is 0.0760 e. The van der Waals surface area contributed by atoms with Crippen molar-refractivity contribution >= 4 is 28.3 Å². The molecule has 0 unspecified atom stereocenters. The molecule has 0 heterocycles. The molecule has 1 aliphatic rings. The van der Waals surface area contributed by atoms with E-state index in [2.05, 4.69) is 15.9 Å². The first kappa shape index (κ1) is 16.0. The lowest BCUT2D eigenvalue weighted by Crippen LogP contribution is -2.34. The molecule has 18 heavy (non-hydrogen) atoms. The molecule has 0 aromatic heterocycles. The molecular weight excluding hydrogens is 314 g/mol. The lowest BCUT2D eigenvalue weighted by Gasteiger charge is -2.30. The molecule has 1 fully saturated rings. The van der Waals surface area contributed by atoms with Crippen LogP contribution in [-0.4, -0.2) is 11.2 Å². The van der Waals surface area contributed by atoms with E-state index in [1.807, 2.05) is 24.3 Å². The van der Waals surface area contributed by atoms with Gasteiger partial charge < -0.3 is 10.8 Å². The van der Waals surface area contributed by atoms with Gasteiger partial charge in [0.15, 0.2) is 0 Å². The monoisotopic (exact) mass is 333 g/mol. The minimum Gasteiger partial charge on any atom is -0.391 e. The van der Waals surface area contributed by atoms with Crippen LogP contribution in [0.25, 0.3) is 0 Å². The van der Waals surface area contributed by atoms with Crippen LogP contribution in [0.2, 0.25) is 0 Å². The maximum absolute atomic E-state index is 10.3. The van der Waals surface area contributed by atoms with Crippen molar-refractivity contribution in [2.75, 3.05) is 0 Å². The van der Waals surface area contributed by atoms with Gasteiger partial charge in [-0.15, -0.1) is 12.4 Å². The summed E-state index contributed by atoms with van der Waals surface area (Å²) >= 11 is 3.40. The Morgan fingerprint density at radius 2 is 1.67 bits per heavy atom. The number of halogens is 2. The third kappa shape index (κ3) is 3.95. The van der Waals surface area contributed by atoms with Crippen LogP contribution >= 0.6 is 28.3 Å². The Bertz CT molecular complexity index is 351. The van der Waals surface area contributed by atoms with E-state index in [1.165, 1.54) is 19.3 Å². The van der Waals surface area contributed by atoms with Gasteiger partial charge in [0.25, 0.3) is 0 Å². The number of hydrogen-bond acceptors (Lipinski definition) is 2. The molecular formula is C14H21BrClNO. The second-order valence-electron chi connectivity index (χ2n) is 4.97. The van der Waals surface area contributed by atoms with Gasteiger partial charge >= 0.3 is 0 Å². The quantitative estimate of drug-likeness (QED) is 0.883. The second-order valence-corrected chi connectivity index (χ2v) is 5.88. The van der Waals surface area contributed by atoms with Crippen LogP contribution in [0.15, 0.2) is 28.7 Å². The van der Waals surface area contributed by atoms with Gasteiger partial charge in [0.05, 0.1) is 12.1 Å². The largest absolute Gasteiger partial charge is 0.391 e. The first-order valence-corrected chi connectivity index (χ1v) is 7.17. The molecule has 0 bridgehead atoms. The Morgan fingerprint density at radius 3 is 2.22 bits per heavy atom. The highest BCUT2D eigenvalue weighted by atomic mass is 79.9. The Balaban J connectivity index is 0.00000162. The molecule has 2 nitrogen and oxygen atoms in total. The third-order valence-corrected chi connectivity index (χ3v) is 4.28. The molecule has 0 radical (unpaired) electrons. The summed E-state index contributed by atoms with van der Waals surface area (Å²) in [6, 6.07) is 7.67. The van der Waals surface area contributed by atoms with E-state index in [0.717, 1.165) is 22.9 Å². The molecule has 4 heteroatoms. The summed E-state index contributed by atoms with van der Waals surface area (Å²) in [5.41, 5.74) is 7.17. The minimum absolute atomic E-state index is 0. The highest BCUT2D eigenvalue weighted by molar-refractivity contribution is 9.10. The molecule has 0 aliphatic heterocycles. The Labute approximate surface area is 123 Å². The molecule has 2 atom stereocenters. The van der Waals surface area contributed by atoms with Crippen LogP contribution in [0.4, 0.5) is 0 Å². The number of aliphatic hydroxyl groups is 1. The van der Waals surface area contributed by atoms with Crippen LogP contribution in [0, 0.1) is 5.92 Å². The molecule has 102 valence electrons. The highest BCUT2D eigenvalue weighted by Gasteiger charge is 2.27. The van der Waals surface area contributed by atoms with Crippen molar-refractivity contribution in [3.05, 3.63) is 34.3 Å². The lowest BCUT2D eigenvalue weighted by atomic mass is 9.81. The van der Waals surface area contributed by atoms with Gasteiger partial charge in [0, 0.05) is 4.47 Å². The fourth-order valence-corrected chi connectivity index (χ4v) is 2.92. The molecule has 1 aromatic carbocycles. The number of rotatable bonds is 3. The van der Waals surface area contributed by atoms with Crippen molar-refractivity contribution in [3.63, 3.8) is 0 Å². The van der Waals surface area contributed by atoms with E-state index in [-0.39, 0.29) is 18.4 Å². The number of hydrogen-bond donors (Lipinski definition) is 2. The van der Waals surface area contributed by atoms with Gasteiger partial charge in [-0.3, -0.25) is 0 Å².